The van der Waals surface area contributed by atoms with Crippen molar-refractivity contribution in [1.29, 1.82) is 0 Å². The number of nitrogens with zero attached hydrogens (tertiary/aromatic N) is 3. The maximum Gasteiger partial charge on any atom is 0.321 e. The second kappa shape index (κ2) is 7.06. The lowest BCUT2D eigenvalue weighted by Gasteiger charge is -2.30. The Bertz CT molecular complexity index is 824. The number of likely N-dealkylation sites (tertiary alicyclic amines) is 1. The lowest BCUT2D eigenvalue weighted by Crippen LogP contribution is -2.40. The van der Waals surface area contributed by atoms with Crippen molar-refractivity contribution >= 4 is 23.1 Å². The van der Waals surface area contributed by atoms with Crippen LogP contribution in [0.25, 0.3) is 10.7 Å². The van der Waals surface area contributed by atoms with Crippen LogP contribution >= 0.6 is 11.3 Å². The van der Waals surface area contributed by atoms with Crippen LogP contribution in [0.3, 0.4) is 0 Å². The topological polar surface area (TPSA) is 71.3 Å². The first-order valence-corrected chi connectivity index (χ1v) is 9.16. The SMILES string of the molecule is O=C(Nc1ccccc1)N1CCC(c2nc(-c3cccs3)no2)CC1. The first-order valence-electron chi connectivity index (χ1n) is 8.28. The highest BCUT2D eigenvalue weighted by Gasteiger charge is 2.27. The quantitative estimate of drug-likeness (QED) is 0.765. The minimum atomic E-state index is -0.0607. The van der Waals surface area contributed by atoms with Crippen LogP contribution in [0.5, 0.6) is 0 Å². The van der Waals surface area contributed by atoms with Crippen molar-refractivity contribution in [2.24, 2.45) is 0 Å². The molecule has 0 bridgehead atoms. The molecule has 0 unspecified atom stereocenters. The average molecular weight is 354 g/mol. The number of carbonyl (C=O) groups excluding carboxylic acids is 1. The molecule has 1 N–H and O–H groups in total. The molecule has 1 aromatic carbocycles. The molecule has 0 saturated carbocycles. The van der Waals surface area contributed by atoms with E-state index in [1.54, 1.807) is 11.3 Å². The first-order chi connectivity index (χ1) is 12.3. The number of thiophene rings is 1. The summed E-state index contributed by atoms with van der Waals surface area (Å²) in [5.74, 6) is 1.53. The number of hydrogen-bond donors (Lipinski definition) is 1. The van der Waals surface area contributed by atoms with Gasteiger partial charge in [0.15, 0.2) is 0 Å². The van der Waals surface area contributed by atoms with E-state index >= 15 is 0 Å². The Morgan fingerprint density at radius 1 is 1.16 bits per heavy atom. The van der Waals surface area contributed by atoms with Crippen LogP contribution in [0, 0.1) is 0 Å². The Kier molecular flexibility index (Phi) is 4.47. The Hall–Kier alpha value is -2.67. The van der Waals surface area contributed by atoms with E-state index in [1.807, 2.05) is 52.7 Å². The van der Waals surface area contributed by atoms with Gasteiger partial charge in [-0.05, 0) is 36.4 Å². The number of rotatable bonds is 3. The van der Waals surface area contributed by atoms with Crippen molar-refractivity contribution in [3.8, 4) is 10.7 Å². The molecule has 1 aliphatic heterocycles. The van der Waals surface area contributed by atoms with Crippen molar-refractivity contribution in [2.45, 2.75) is 18.8 Å². The van der Waals surface area contributed by atoms with Gasteiger partial charge < -0.3 is 14.7 Å². The largest absolute Gasteiger partial charge is 0.339 e. The summed E-state index contributed by atoms with van der Waals surface area (Å²) in [7, 11) is 0. The zero-order valence-electron chi connectivity index (χ0n) is 13.6. The third-order valence-electron chi connectivity index (χ3n) is 4.34. The first kappa shape index (κ1) is 15.8. The highest BCUT2D eigenvalue weighted by atomic mass is 32.1. The van der Waals surface area contributed by atoms with Gasteiger partial charge in [-0.1, -0.05) is 29.4 Å². The minimum absolute atomic E-state index is 0.0607. The molecule has 0 spiro atoms. The van der Waals surface area contributed by atoms with Crippen LogP contribution in [0.1, 0.15) is 24.7 Å². The predicted octanol–water partition coefficient (Wildman–Crippen LogP) is 4.21. The molecule has 1 aliphatic rings. The predicted molar refractivity (Wildman–Crippen MR) is 96.6 cm³/mol. The summed E-state index contributed by atoms with van der Waals surface area (Å²) in [6.07, 6.45) is 1.66. The summed E-state index contributed by atoms with van der Waals surface area (Å²) in [6, 6.07) is 13.4. The molecule has 0 radical (unpaired) electrons. The van der Waals surface area contributed by atoms with Gasteiger partial charge in [-0.25, -0.2) is 4.79 Å². The third-order valence-corrected chi connectivity index (χ3v) is 5.21. The van der Waals surface area contributed by atoms with E-state index in [2.05, 4.69) is 15.5 Å². The number of amides is 2. The number of hydrogen-bond acceptors (Lipinski definition) is 5. The number of para-hydroxylation sites is 1. The molecule has 0 atom stereocenters. The lowest BCUT2D eigenvalue weighted by atomic mass is 9.97. The van der Waals surface area contributed by atoms with Crippen LogP contribution in [-0.2, 0) is 0 Å². The molecule has 25 heavy (non-hydrogen) atoms. The van der Waals surface area contributed by atoms with Gasteiger partial charge in [0.1, 0.15) is 0 Å². The van der Waals surface area contributed by atoms with Gasteiger partial charge in [0.25, 0.3) is 0 Å². The highest BCUT2D eigenvalue weighted by Crippen LogP contribution is 2.29. The van der Waals surface area contributed by atoms with Crippen LogP contribution < -0.4 is 5.32 Å². The maximum absolute atomic E-state index is 12.3. The Morgan fingerprint density at radius 3 is 2.68 bits per heavy atom. The Morgan fingerprint density at radius 2 is 1.96 bits per heavy atom. The van der Waals surface area contributed by atoms with Gasteiger partial charge in [0, 0.05) is 24.7 Å². The second-order valence-corrected chi connectivity index (χ2v) is 6.94. The van der Waals surface area contributed by atoms with Gasteiger partial charge >= 0.3 is 6.03 Å². The van der Waals surface area contributed by atoms with E-state index in [4.69, 9.17) is 4.52 Å². The van der Waals surface area contributed by atoms with E-state index in [-0.39, 0.29) is 11.9 Å². The smallest absolute Gasteiger partial charge is 0.321 e. The maximum atomic E-state index is 12.3. The Labute approximate surface area is 149 Å². The number of nitrogens with one attached hydrogen (secondary N) is 1. The molecule has 2 amide bonds. The van der Waals surface area contributed by atoms with Crippen molar-refractivity contribution in [3.05, 3.63) is 53.7 Å². The highest BCUT2D eigenvalue weighted by molar-refractivity contribution is 7.13. The van der Waals surface area contributed by atoms with Gasteiger partial charge in [-0.15, -0.1) is 11.3 Å². The summed E-state index contributed by atoms with van der Waals surface area (Å²) >= 11 is 1.60. The van der Waals surface area contributed by atoms with Crippen LogP contribution in [0.2, 0.25) is 0 Å². The van der Waals surface area contributed by atoms with Crippen molar-refractivity contribution in [1.82, 2.24) is 15.0 Å². The normalized spacial score (nSPS) is 15.3. The van der Waals surface area contributed by atoms with Crippen molar-refractivity contribution in [3.63, 3.8) is 0 Å². The summed E-state index contributed by atoms with van der Waals surface area (Å²) in [4.78, 5) is 19.7. The van der Waals surface area contributed by atoms with Crippen LogP contribution in [0.15, 0.2) is 52.4 Å². The zero-order valence-corrected chi connectivity index (χ0v) is 14.4. The fourth-order valence-electron chi connectivity index (χ4n) is 2.96. The summed E-state index contributed by atoms with van der Waals surface area (Å²) in [5, 5.41) is 9.00. The number of anilines is 1. The summed E-state index contributed by atoms with van der Waals surface area (Å²) < 4.78 is 5.45. The van der Waals surface area contributed by atoms with E-state index < -0.39 is 0 Å². The van der Waals surface area contributed by atoms with Crippen molar-refractivity contribution in [2.75, 3.05) is 18.4 Å². The van der Waals surface area contributed by atoms with E-state index in [0.29, 0.717) is 24.8 Å². The van der Waals surface area contributed by atoms with Gasteiger partial charge in [-0.2, -0.15) is 4.98 Å². The van der Waals surface area contributed by atoms with E-state index in [0.717, 1.165) is 23.4 Å². The molecule has 1 fully saturated rings. The van der Waals surface area contributed by atoms with E-state index in [9.17, 15) is 4.79 Å². The molecule has 6 nitrogen and oxygen atoms in total. The fourth-order valence-corrected chi connectivity index (χ4v) is 3.61. The average Bonchev–Trinajstić information content (AvgIpc) is 3.34. The molecule has 4 rings (SSSR count). The molecule has 2 aromatic heterocycles. The van der Waals surface area contributed by atoms with Crippen LogP contribution in [-0.4, -0.2) is 34.2 Å². The summed E-state index contributed by atoms with van der Waals surface area (Å²) in [6.45, 7) is 1.36. The van der Waals surface area contributed by atoms with Gasteiger partial charge in [0.05, 0.1) is 4.88 Å². The van der Waals surface area contributed by atoms with E-state index in [1.165, 1.54) is 0 Å². The van der Waals surface area contributed by atoms with Gasteiger partial charge in [0.2, 0.25) is 11.7 Å². The standard InChI is InChI=1S/C18H18N4O2S/c23-18(19-14-5-2-1-3-6-14)22-10-8-13(9-11-22)17-20-16(21-24-17)15-7-4-12-25-15/h1-7,12-13H,8-11H2,(H,19,23). The second-order valence-electron chi connectivity index (χ2n) is 5.99. The molecular formula is C18H18N4O2S. The zero-order chi connectivity index (χ0) is 17.1. The molecule has 1 saturated heterocycles. The van der Waals surface area contributed by atoms with Crippen LogP contribution in [0.4, 0.5) is 10.5 Å². The molecule has 3 heterocycles. The van der Waals surface area contributed by atoms with Gasteiger partial charge in [-0.3, -0.25) is 0 Å². The minimum Gasteiger partial charge on any atom is -0.339 e. The monoisotopic (exact) mass is 354 g/mol. The number of carbonyl (C=O) groups is 1. The number of piperidine rings is 1. The number of urea groups is 1. The molecule has 128 valence electrons. The lowest BCUT2D eigenvalue weighted by molar-refractivity contribution is 0.187. The Balaban J connectivity index is 1.34. The molecule has 7 heteroatoms. The summed E-state index contributed by atoms with van der Waals surface area (Å²) in [5.41, 5.74) is 0.812. The third kappa shape index (κ3) is 3.56. The number of benzene rings is 1. The molecule has 3 aromatic rings. The van der Waals surface area contributed by atoms with Crippen molar-refractivity contribution < 1.29 is 9.32 Å². The fraction of sp³-hybridized carbons (Fsp3) is 0.278. The number of aromatic nitrogens is 2. The molecule has 0 aliphatic carbocycles. The molecular weight excluding hydrogens is 336 g/mol.